The number of fused-ring (bicyclic) bond motifs is 1. The van der Waals surface area contributed by atoms with Crippen LogP contribution in [0.4, 0.5) is 5.69 Å². The molecule has 0 aliphatic heterocycles. The van der Waals surface area contributed by atoms with E-state index >= 15 is 0 Å². The predicted octanol–water partition coefficient (Wildman–Crippen LogP) is 5.60. The van der Waals surface area contributed by atoms with E-state index < -0.39 is 10.0 Å². The number of anilines is 1. The van der Waals surface area contributed by atoms with Gasteiger partial charge >= 0.3 is 0 Å². The van der Waals surface area contributed by atoms with Crippen LogP contribution in [0, 0.1) is 6.92 Å². The van der Waals surface area contributed by atoms with E-state index in [2.05, 4.69) is 23.5 Å². The first-order chi connectivity index (χ1) is 16.2. The first kappa shape index (κ1) is 24.3. The third-order valence-corrected chi connectivity index (χ3v) is 8.30. The largest absolute Gasteiger partial charge is 0.348 e. The van der Waals surface area contributed by atoms with Crippen molar-refractivity contribution in [2.24, 2.45) is 0 Å². The lowest BCUT2D eigenvalue weighted by atomic mass is 9.89. The highest BCUT2D eigenvalue weighted by atomic mass is 35.5. The van der Waals surface area contributed by atoms with Crippen molar-refractivity contribution in [3.05, 3.63) is 94.0 Å². The maximum atomic E-state index is 13.5. The molecule has 4 rings (SSSR count). The third-order valence-electron chi connectivity index (χ3n) is 6.26. The van der Waals surface area contributed by atoms with Gasteiger partial charge in [0.1, 0.15) is 6.54 Å². The van der Waals surface area contributed by atoms with E-state index in [-0.39, 0.29) is 23.4 Å². The molecule has 1 atom stereocenters. The number of amides is 1. The minimum absolute atomic E-state index is 0.128. The Morgan fingerprint density at radius 3 is 2.29 bits per heavy atom. The fourth-order valence-electron chi connectivity index (χ4n) is 4.28. The zero-order valence-corrected chi connectivity index (χ0v) is 21.0. The third kappa shape index (κ3) is 5.45. The van der Waals surface area contributed by atoms with Crippen molar-refractivity contribution in [1.29, 1.82) is 0 Å². The highest BCUT2D eigenvalue weighted by Crippen LogP contribution is 2.27. The number of sulfonamides is 1. The Hall–Kier alpha value is -2.83. The van der Waals surface area contributed by atoms with Gasteiger partial charge in [0.25, 0.3) is 10.0 Å². The van der Waals surface area contributed by atoms with Gasteiger partial charge in [-0.1, -0.05) is 47.5 Å². The number of hydrogen-bond donors (Lipinski definition) is 1. The quantitative estimate of drug-likeness (QED) is 0.463. The van der Waals surface area contributed by atoms with Crippen molar-refractivity contribution in [3.63, 3.8) is 0 Å². The van der Waals surface area contributed by atoms with E-state index in [1.165, 1.54) is 24.0 Å². The van der Waals surface area contributed by atoms with Crippen molar-refractivity contribution < 1.29 is 13.2 Å². The molecule has 34 heavy (non-hydrogen) atoms. The van der Waals surface area contributed by atoms with E-state index in [1.54, 1.807) is 48.5 Å². The number of benzene rings is 3. The summed E-state index contributed by atoms with van der Waals surface area (Å²) in [5, 5.41) is 3.46. The summed E-state index contributed by atoms with van der Waals surface area (Å²) in [7, 11) is -3.96. The van der Waals surface area contributed by atoms with Crippen LogP contribution < -0.4 is 9.62 Å². The Morgan fingerprint density at radius 1 is 0.971 bits per heavy atom. The molecule has 1 unspecified atom stereocenters. The average Bonchev–Trinajstić information content (AvgIpc) is 2.83. The molecule has 0 spiro atoms. The molecule has 3 aromatic carbocycles. The molecule has 1 aliphatic rings. The fraction of sp³-hybridized carbons (Fsp3) is 0.296. The number of carbonyl (C=O) groups excluding carboxylic acids is 1. The van der Waals surface area contributed by atoms with Gasteiger partial charge in [-0.3, -0.25) is 9.10 Å². The van der Waals surface area contributed by atoms with Crippen LogP contribution in [0.1, 0.15) is 48.1 Å². The average molecular weight is 497 g/mol. The Bertz CT molecular complexity index is 1270. The van der Waals surface area contributed by atoms with Crippen molar-refractivity contribution in [2.45, 2.75) is 50.5 Å². The standard InChI is InChI=1S/C27H29ClN2O3S/c1-19-7-15-26(16-8-19)34(32,33)30(25-13-11-24(28)12-14-25)18-27(31)29-20(2)22-10-9-21-5-3-4-6-23(21)17-22/h7-17,20H,3-6,18H2,1-2H3,(H,29,31). The summed E-state index contributed by atoms with van der Waals surface area (Å²) in [6.07, 6.45) is 4.56. The number of hydrogen-bond acceptors (Lipinski definition) is 3. The summed E-state index contributed by atoms with van der Waals surface area (Å²) >= 11 is 6.01. The minimum Gasteiger partial charge on any atom is -0.348 e. The number of aryl methyl sites for hydroxylation is 3. The Morgan fingerprint density at radius 2 is 1.62 bits per heavy atom. The molecule has 1 aliphatic carbocycles. The van der Waals surface area contributed by atoms with Crippen molar-refractivity contribution in [3.8, 4) is 0 Å². The monoisotopic (exact) mass is 496 g/mol. The van der Waals surface area contributed by atoms with Gasteiger partial charge in [0.05, 0.1) is 16.6 Å². The van der Waals surface area contributed by atoms with Gasteiger partial charge in [0.2, 0.25) is 5.91 Å². The van der Waals surface area contributed by atoms with Crippen molar-refractivity contribution in [1.82, 2.24) is 5.32 Å². The lowest BCUT2D eigenvalue weighted by Gasteiger charge is -2.25. The number of nitrogens with one attached hydrogen (secondary N) is 1. The van der Waals surface area contributed by atoms with Crippen LogP contribution in [0.3, 0.4) is 0 Å². The zero-order valence-electron chi connectivity index (χ0n) is 19.4. The highest BCUT2D eigenvalue weighted by molar-refractivity contribution is 7.92. The molecule has 0 saturated heterocycles. The predicted molar refractivity (Wildman–Crippen MR) is 137 cm³/mol. The molecule has 7 heteroatoms. The van der Waals surface area contributed by atoms with E-state index in [0.29, 0.717) is 10.7 Å². The van der Waals surface area contributed by atoms with Crippen molar-refractivity contribution in [2.75, 3.05) is 10.8 Å². The van der Waals surface area contributed by atoms with E-state index in [1.807, 2.05) is 13.8 Å². The van der Waals surface area contributed by atoms with Crippen LogP contribution in [0.5, 0.6) is 0 Å². The van der Waals surface area contributed by atoms with Gasteiger partial charge in [-0.25, -0.2) is 8.42 Å². The molecule has 0 saturated carbocycles. The van der Waals surface area contributed by atoms with Gasteiger partial charge in [0.15, 0.2) is 0 Å². The van der Waals surface area contributed by atoms with Crippen LogP contribution in [0.15, 0.2) is 71.6 Å². The van der Waals surface area contributed by atoms with Crippen LogP contribution in [-0.4, -0.2) is 20.9 Å². The Labute approximate surface area is 206 Å². The topological polar surface area (TPSA) is 66.5 Å². The molecule has 0 radical (unpaired) electrons. The van der Waals surface area contributed by atoms with Crippen molar-refractivity contribution >= 4 is 33.2 Å². The summed E-state index contributed by atoms with van der Waals surface area (Å²) in [6, 6.07) is 19.2. The number of nitrogens with zero attached hydrogens (tertiary/aromatic N) is 1. The summed E-state index contributed by atoms with van der Waals surface area (Å²) in [5.74, 6) is -0.379. The van der Waals surface area contributed by atoms with Crippen LogP contribution >= 0.6 is 11.6 Å². The Balaban J connectivity index is 1.56. The zero-order chi connectivity index (χ0) is 24.3. The van der Waals surface area contributed by atoms with Gasteiger partial charge in [-0.05, 0) is 92.6 Å². The Kier molecular flexibility index (Phi) is 7.29. The molecule has 0 aromatic heterocycles. The highest BCUT2D eigenvalue weighted by Gasteiger charge is 2.28. The van der Waals surface area contributed by atoms with Crippen LogP contribution in [0.2, 0.25) is 5.02 Å². The van der Waals surface area contributed by atoms with Crippen LogP contribution in [0.25, 0.3) is 0 Å². The molecule has 1 amide bonds. The van der Waals surface area contributed by atoms with Gasteiger partial charge in [-0.2, -0.15) is 0 Å². The molecule has 1 N–H and O–H groups in total. The van der Waals surface area contributed by atoms with Gasteiger partial charge < -0.3 is 5.32 Å². The second kappa shape index (κ2) is 10.2. The lowest BCUT2D eigenvalue weighted by Crippen LogP contribution is -2.41. The molecule has 178 valence electrons. The summed E-state index contributed by atoms with van der Waals surface area (Å²) < 4.78 is 28.1. The molecule has 0 bridgehead atoms. The minimum atomic E-state index is -3.96. The van der Waals surface area contributed by atoms with E-state index in [4.69, 9.17) is 11.6 Å². The molecule has 5 nitrogen and oxygen atoms in total. The van der Waals surface area contributed by atoms with E-state index in [9.17, 15) is 13.2 Å². The van der Waals surface area contributed by atoms with Crippen LogP contribution in [-0.2, 0) is 27.7 Å². The first-order valence-corrected chi connectivity index (χ1v) is 13.3. The number of halogens is 1. The molecular formula is C27H29ClN2O3S. The molecular weight excluding hydrogens is 468 g/mol. The SMILES string of the molecule is Cc1ccc(S(=O)(=O)N(CC(=O)NC(C)c2ccc3c(c2)CCCC3)c2ccc(Cl)cc2)cc1. The molecule has 0 fully saturated rings. The number of carbonyl (C=O) groups is 1. The lowest BCUT2D eigenvalue weighted by molar-refractivity contribution is -0.120. The molecule has 3 aromatic rings. The first-order valence-electron chi connectivity index (χ1n) is 11.5. The smallest absolute Gasteiger partial charge is 0.264 e. The van der Waals surface area contributed by atoms with E-state index in [0.717, 1.165) is 28.3 Å². The summed E-state index contributed by atoms with van der Waals surface area (Å²) in [4.78, 5) is 13.2. The second-order valence-corrected chi connectivity index (χ2v) is 11.1. The van der Waals surface area contributed by atoms with Gasteiger partial charge in [-0.15, -0.1) is 0 Å². The summed E-state index contributed by atoms with van der Waals surface area (Å²) in [6.45, 7) is 3.47. The second-order valence-electron chi connectivity index (χ2n) is 8.83. The molecule has 0 heterocycles. The summed E-state index contributed by atoms with van der Waals surface area (Å²) in [5.41, 5.74) is 5.07. The van der Waals surface area contributed by atoms with Gasteiger partial charge in [0, 0.05) is 5.02 Å². The fourth-order valence-corrected chi connectivity index (χ4v) is 5.83. The normalized spacial score (nSPS) is 14.2. The maximum absolute atomic E-state index is 13.5. The number of rotatable bonds is 7. The maximum Gasteiger partial charge on any atom is 0.264 e.